The van der Waals surface area contributed by atoms with Gasteiger partial charge in [0.05, 0.1) is 12.1 Å². The molecule has 0 unspecified atom stereocenters. The van der Waals surface area contributed by atoms with Gasteiger partial charge in [0, 0.05) is 32.7 Å². The van der Waals surface area contributed by atoms with Gasteiger partial charge in [0.25, 0.3) is 5.91 Å². The maximum absolute atomic E-state index is 12.7. The van der Waals surface area contributed by atoms with Crippen molar-refractivity contribution in [2.24, 2.45) is 0 Å². The van der Waals surface area contributed by atoms with Gasteiger partial charge in [-0.15, -0.1) is 11.3 Å². The SMILES string of the molecule is O=C(c1scnc1C(F)(F)F)N1CCN(CCO)CC1. The van der Waals surface area contributed by atoms with E-state index in [1.165, 1.54) is 4.90 Å². The Bertz CT molecular complexity index is 470. The Balaban J connectivity index is 2.05. The molecule has 0 radical (unpaired) electrons. The summed E-state index contributed by atoms with van der Waals surface area (Å²) in [5.74, 6) is -0.622. The Morgan fingerprint density at radius 1 is 1.35 bits per heavy atom. The Morgan fingerprint density at radius 3 is 2.55 bits per heavy atom. The zero-order valence-corrected chi connectivity index (χ0v) is 11.4. The van der Waals surface area contributed by atoms with Crippen LogP contribution in [0.1, 0.15) is 15.4 Å². The number of hydrogen-bond donors (Lipinski definition) is 1. The number of aliphatic hydroxyl groups is 1. The van der Waals surface area contributed by atoms with Crippen LogP contribution in [0.15, 0.2) is 5.51 Å². The van der Waals surface area contributed by atoms with E-state index in [9.17, 15) is 18.0 Å². The van der Waals surface area contributed by atoms with Gasteiger partial charge < -0.3 is 10.0 Å². The molecule has 1 aromatic heterocycles. The monoisotopic (exact) mass is 309 g/mol. The van der Waals surface area contributed by atoms with Crippen molar-refractivity contribution in [1.82, 2.24) is 14.8 Å². The minimum atomic E-state index is -4.61. The number of β-amino-alcohol motifs (C(OH)–C–C–N with tert-alkyl or cyclic N) is 1. The van der Waals surface area contributed by atoms with E-state index < -0.39 is 17.8 Å². The summed E-state index contributed by atoms with van der Waals surface area (Å²) in [6.45, 7) is 2.35. The number of alkyl halides is 3. The van der Waals surface area contributed by atoms with Crippen molar-refractivity contribution >= 4 is 17.2 Å². The summed E-state index contributed by atoms with van der Waals surface area (Å²) >= 11 is 0.713. The molecular formula is C11H14F3N3O2S. The number of piperazine rings is 1. The maximum atomic E-state index is 12.7. The number of rotatable bonds is 3. The zero-order chi connectivity index (χ0) is 14.8. The lowest BCUT2D eigenvalue weighted by Crippen LogP contribution is -2.49. The summed E-state index contributed by atoms with van der Waals surface area (Å²) in [5.41, 5.74) is -0.0665. The van der Waals surface area contributed by atoms with Crippen LogP contribution >= 0.6 is 11.3 Å². The number of aliphatic hydroxyl groups excluding tert-OH is 1. The van der Waals surface area contributed by atoms with Crippen LogP contribution in [0, 0.1) is 0 Å². The first kappa shape index (κ1) is 15.2. The minimum absolute atomic E-state index is 0.0288. The lowest BCUT2D eigenvalue weighted by atomic mass is 10.2. The number of carbonyl (C=O) groups is 1. The second-order valence-corrected chi connectivity index (χ2v) is 5.24. The van der Waals surface area contributed by atoms with E-state index in [1.807, 2.05) is 4.90 Å². The van der Waals surface area contributed by atoms with E-state index in [0.29, 0.717) is 44.1 Å². The molecule has 112 valence electrons. The normalized spacial score (nSPS) is 17.5. The van der Waals surface area contributed by atoms with E-state index in [1.54, 1.807) is 0 Å². The summed E-state index contributed by atoms with van der Waals surface area (Å²) in [5, 5.41) is 8.82. The number of nitrogens with zero attached hydrogens (tertiary/aromatic N) is 3. The molecule has 1 aromatic rings. The van der Waals surface area contributed by atoms with Gasteiger partial charge in [0.15, 0.2) is 5.69 Å². The third kappa shape index (κ3) is 3.28. The van der Waals surface area contributed by atoms with Crippen LogP contribution < -0.4 is 0 Å². The Hall–Kier alpha value is -1.19. The molecule has 1 aliphatic heterocycles. The number of thiazole rings is 1. The largest absolute Gasteiger partial charge is 0.434 e. The topological polar surface area (TPSA) is 56.7 Å². The average Bonchev–Trinajstić information content (AvgIpc) is 2.88. The van der Waals surface area contributed by atoms with Crippen molar-refractivity contribution in [3.8, 4) is 0 Å². The van der Waals surface area contributed by atoms with Gasteiger partial charge in [0.1, 0.15) is 4.88 Å². The van der Waals surface area contributed by atoms with Crippen LogP contribution in [-0.2, 0) is 6.18 Å². The van der Waals surface area contributed by atoms with Crippen LogP contribution in [0.4, 0.5) is 13.2 Å². The first-order valence-corrected chi connectivity index (χ1v) is 6.94. The van der Waals surface area contributed by atoms with E-state index in [2.05, 4.69) is 4.98 Å². The molecule has 0 spiro atoms. The average molecular weight is 309 g/mol. The molecule has 1 aliphatic rings. The predicted octanol–water partition coefficient (Wildman–Crippen LogP) is 0.912. The van der Waals surface area contributed by atoms with E-state index in [4.69, 9.17) is 5.11 Å². The van der Waals surface area contributed by atoms with Crippen LogP contribution in [-0.4, -0.2) is 65.1 Å². The first-order valence-electron chi connectivity index (χ1n) is 6.06. The fourth-order valence-electron chi connectivity index (χ4n) is 2.06. The predicted molar refractivity (Wildman–Crippen MR) is 66.5 cm³/mol. The van der Waals surface area contributed by atoms with Gasteiger partial charge in [0.2, 0.25) is 0 Å². The molecule has 5 nitrogen and oxygen atoms in total. The third-order valence-corrected chi connectivity index (χ3v) is 3.92. The summed E-state index contributed by atoms with van der Waals surface area (Å²) in [7, 11) is 0. The molecule has 1 N–H and O–H groups in total. The van der Waals surface area contributed by atoms with Crippen LogP contribution in [0.2, 0.25) is 0 Å². The molecule has 9 heteroatoms. The molecule has 1 saturated heterocycles. The fourth-order valence-corrected chi connectivity index (χ4v) is 2.83. The standard InChI is InChI=1S/C11H14F3N3O2S/c12-11(13,14)9-8(20-7-15-9)10(19)17-3-1-16(2-4-17)5-6-18/h7,18H,1-6H2. The molecule has 1 amide bonds. The Labute approximate surface area is 117 Å². The van der Waals surface area contributed by atoms with Gasteiger partial charge >= 0.3 is 6.18 Å². The highest BCUT2D eigenvalue weighted by Gasteiger charge is 2.39. The zero-order valence-electron chi connectivity index (χ0n) is 10.6. The van der Waals surface area contributed by atoms with E-state index >= 15 is 0 Å². The second kappa shape index (κ2) is 6.06. The molecule has 0 saturated carbocycles. The highest BCUT2D eigenvalue weighted by atomic mass is 32.1. The molecule has 20 heavy (non-hydrogen) atoms. The third-order valence-electron chi connectivity index (χ3n) is 3.11. The van der Waals surface area contributed by atoms with Gasteiger partial charge in [-0.2, -0.15) is 13.2 Å². The number of aromatic nitrogens is 1. The number of hydrogen-bond acceptors (Lipinski definition) is 5. The summed E-state index contributed by atoms with van der Waals surface area (Å²) in [4.78, 5) is 18.4. The summed E-state index contributed by atoms with van der Waals surface area (Å²) < 4.78 is 38.1. The van der Waals surface area contributed by atoms with Crippen LogP contribution in [0.5, 0.6) is 0 Å². The van der Waals surface area contributed by atoms with Crippen LogP contribution in [0.25, 0.3) is 0 Å². The van der Waals surface area contributed by atoms with Gasteiger partial charge in [-0.05, 0) is 0 Å². The molecule has 0 aromatic carbocycles. The molecule has 2 heterocycles. The van der Waals surface area contributed by atoms with E-state index in [0.717, 1.165) is 5.51 Å². The molecular weight excluding hydrogens is 295 g/mol. The molecule has 0 bridgehead atoms. The summed E-state index contributed by atoms with van der Waals surface area (Å²) in [6, 6.07) is 0. The first-order chi connectivity index (χ1) is 9.43. The smallest absolute Gasteiger partial charge is 0.395 e. The van der Waals surface area contributed by atoms with Gasteiger partial charge in [-0.1, -0.05) is 0 Å². The molecule has 0 aliphatic carbocycles. The summed E-state index contributed by atoms with van der Waals surface area (Å²) in [6.07, 6.45) is -4.61. The van der Waals surface area contributed by atoms with Crippen LogP contribution in [0.3, 0.4) is 0 Å². The van der Waals surface area contributed by atoms with E-state index in [-0.39, 0.29) is 11.5 Å². The van der Waals surface area contributed by atoms with Crippen molar-refractivity contribution < 1.29 is 23.1 Å². The van der Waals surface area contributed by atoms with Gasteiger partial charge in [-0.25, -0.2) is 4.98 Å². The van der Waals surface area contributed by atoms with Gasteiger partial charge in [-0.3, -0.25) is 9.69 Å². The Kier molecular flexibility index (Phi) is 4.61. The number of carbonyl (C=O) groups excluding carboxylic acids is 1. The maximum Gasteiger partial charge on any atom is 0.434 e. The van der Waals surface area contributed by atoms with Crippen molar-refractivity contribution in [2.75, 3.05) is 39.3 Å². The molecule has 2 rings (SSSR count). The van der Waals surface area contributed by atoms with Crippen molar-refractivity contribution in [3.05, 3.63) is 16.1 Å². The van der Waals surface area contributed by atoms with Crippen molar-refractivity contribution in [1.29, 1.82) is 0 Å². The number of amides is 1. The highest BCUT2D eigenvalue weighted by Crippen LogP contribution is 2.33. The second-order valence-electron chi connectivity index (χ2n) is 4.39. The number of halogens is 3. The van der Waals surface area contributed by atoms with Crippen molar-refractivity contribution in [2.45, 2.75) is 6.18 Å². The fraction of sp³-hybridized carbons (Fsp3) is 0.636. The Morgan fingerprint density at radius 2 is 2.00 bits per heavy atom. The van der Waals surface area contributed by atoms with Crippen molar-refractivity contribution in [3.63, 3.8) is 0 Å². The highest BCUT2D eigenvalue weighted by molar-refractivity contribution is 7.11. The quantitative estimate of drug-likeness (QED) is 0.902. The lowest BCUT2D eigenvalue weighted by molar-refractivity contribution is -0.141. The molecule has 1 fully saturated rings. The minimum Gasteiger partial charge on any atom is -0.395 e. The lowest BCUT2D eigenvalue weighted by Gasteiger charge is -2.34. The molecule has 0 atom stereocenters.